The Morgan fingerprint density at radius 1 is 0.893 bits per heavy atom. The van der Waals surface area contributed by atoms with Gasteiger partial charge in [-0.05, 0) is 43.7 Å². The summed E-state index contributed by atoms with van der Waals surface area (Å²) in [5, 5.41) is 0. The summed E-state index contributed by atoms with van der Waals surface area (Å²) in [6.45, 7) is 2.08. The third-order valence-corrected chi connectivity index (χ3v) is 7.09. The smallest absolute Gasteiger partial charge is 0.251 e. The van der Waals surface area contributed by atoms with Crippen LogP contribution in [0.1, 0.15) is 83.1 Å². The number of hydrogen-bond donors (Lipinski definition) is 0. The number of rotatable bonds is 5. The second kappa shape index (κ2) is 8.77. The molecule has 0 N–H and O–H groups in total. The maximum absolute atomic E-state index is 13.6. The molecule has 2 aliphatic carbocycles. The van der Waals surface area contributed by atoms with E-state index in [1.165, 1.54) is 69.1 Å². The fourth-order valence-electron chi connectivity index (χ4n) is 5.70. The van der Waals surface area contributed by atoms with Gasteiger partial charge in [0.2, 0.25) is 5.91 Å². The Morgan fingerprint density at radius 2 is 1.46 bits per heavy atom. The lowest BCUT2D eigenvalue weighted by atomic mass is 9.87. The third kappa shape index (κ3) is 3.76. The van der Waals surface area contributed by atoms with E-state index in [9.17, 15) is 9.59 Å². The van der Waals surface area contributed by atoms with Crippen molar-refractivity contribution in [3.05, 3.63) is 29.8 Å². The van der Waals surface area contributed by atoms with Gasteiger partial charge in [0.25, 0.3) is 5.91 Å². The van der Waals surface area contributed by atoms with E-state index in [2.05, 4.69) is 11.8 Å². The largest absolute Gasteiger partial charge is 0.286 e. The maximum atomic E-state index is 13.6. The van der Waals surface area contributed by atoms with Gasteiger partial charge in [-0.2, -0.15) is 0 Å². The molecule has 1 aromatic rings. The molecule has 1 aromatic carbocycles. The van der Waals surface area contributed by atoms with E-state index in [-0.39, 0.29) is 17.9 Å². The number of imide groups is 1. The first-order valence-electron chi connectivity index (χ1n) is 11.4. The van der Waals surface area contributed by atoms with Crippen LogP contribution in [0.5, 0.6) is 0 Å². The lowest BCUT2D eigenvalue weighted by Crippen LogP contribution is -2.53. The Hall–Kier alpha value is -1.68. The molecule has 1 atom stereocenters. The number of aryl methyl sites for hydroxylation is 1. The van der Waals surface area contributed by atoms with Crippen LogP contribution >= 0.6 is 0 Å². The van der Waals surface area contributed by atoms with E-state index in [0.29, 0.717) is 18.5 Å². The molecule has 28 heavy (non-hydrogen) atoms. The minimum atomic E-state index is -0.261. The molecule has 3 aliphatic rings. The zero-order chi connectivity index (χ0) is 19.5. The Bertz CT molecular complexity index is 686. The van der Waals surface area contributed by atoms with E-state index in [1.54, 1.807) is 0 Å². The lowest BCUT2D eigenvalue weighted by Gasteiger charge is -2.44. The molecule has 152 valence electrons. The number of carbonyl (C=O) groups excluding carboxylic acids is 2. The summed E-state index contributed by atoms with van der Waals surface area (Å²) in [5.74, 6) is -0.00503. The molecule has 3 fully saturated rings. The first kappa shape index (κ1) is 19.6. The number of nitrogens with zero attached hydrogens (tertiary/aromatic N) is 2. The SMILES string of the molecule is CCc1ccccc1N1C(=O)CC(N(C2CCCCC2)C2CCCCC2)C1=O. The molecule has 2 saturated carbocycles. The summed E-state index contributed by atoms with van der Waals surface area (Å²) in [7, 11) is 0. The molecular weight excluding hydrogens is 348 g/mol. The zero-order valence-electron chi connectivity index (χ0n) is 17.2. The van der Waals surface area contributed by atoms with Crippen molar-refractivity contribution < 1.29 is 9.59 Å². The quantitative estimate of drug-likeness (QED) is 0.684. The third-order valence-electron chi connectivity index (χ3n) is 7.09. The molecule has 4 heteroatoms. The Labute approximate surface area is 169 Å². The van der Waals surface area contributed by atoms with Crippen molar-refractivity contribution in [3.8, 4) is 0 Å². The fraction of sp³-hybridized carbons (Fsp3) is 0.667. The highest BCUT2D eigenvalue weighted by atomic mass is 16.2. The van der Waals surface area contributed by atoms with Crippen LogP contribution in [0, 0.1) is 0 Å². The Balaban J connectivity index is 1.63. The van der Waals surface area contributed by atoms with Crippen LogP contribution in [0.2, 0.25) is 0 Å². The minimum Gasteiger partial charge on any atom is -0.286 e. The average molecular weight is 383 g/mol. The number of amides is 2. The van der Waals surface area contributed by atoms with Crippen molar-refractivity contribution in [2.75, 3.05) is 4.90 Å². The van der Waals surface area contributed by atoms with Crippen LogP contribution in [0.15, 0.2) is 24.3 Å². The number of anilines is 1. The number of carbonyl (C=O) groups is 2. The van der Waals surface area contributed by atoms with Gasteiger partial charge in [-0.15, -0.1) is 0 Å². The highest BCUT2D eigenvalue weighted by molar-refractivity contribution is 6.22. The van der Waals surface area contributed by atoms with Crippen LogP contribution in [0.3, 0.4) is 0 Å². The first-order valence-corrected chi connectivity index (χ1v) is 11.4. The van der Waals surface area contributed by atoms with E-state index >= 15 is 0 Å². The van der Waals surface area contributed by atoms with Crippen molar-refractivity contribution in [2.24, 2.45) is 0 Å². The van der Waals surface area contributed by atoms with E-state index in [0.717, 1.165) is 17.7 Å². The van der Waals surface area contributed by atoms with Gasteiger partial charge >= 0.3 is 0 Å². The molecule has 1 heterocycles. The number of benzene rings is 1. The second-order valence-corrected chi connectivity index (χ2v) is 8.80. The van der Waals surface area contributed by atoms with Gasteiger partial charge in [0.05, 0.1) is 18.2 Å². The molecule has 1 aliphatic heterocycles. The van der Waals surface area contributed by atoms with Crippen molar-refractivity contribution in [2.45, 2.75) is 102 Å². The molecule has 0 spiro atoms. The van der Waals surface area contributed by atoms with Crippen LogP contribution in [-0.4, -0.2) is 34.8 Å². The predicted molar refractivity (Wildman–Crippen MR) is 112 cm³/mol. The maximum Gasteiger partial charge on any atom is 0.251 e. The summed E-state index contributed by atoms with van der Waals surface area (Å²) in [6.07, 6.45) is 13.5. The average Bonchev–Trinajstić information content (AvgIpc) is 3.03. The van der Waals surface area contributed by atoms with Gasteiger partial charge in [-0.3, -0.25) is 14.5 Å². The van der Waals surface area contributed by atoms with E-state index < -0.39 is 0 Å². The van der Waals surface area contributed by atoms with Crippen LogP contribution in [0.4, 0.5) is 5.69 Å². The molecule has 1 unspecified atom stereocenters. The first-order chi connectivity index (χ1) is 13.7. The van der Waals surface area contributed by atoms with E-state index in [1.807, 2.05) is 24.3 Å². The molecule has 1 saturated heterocycles. The Morgan fingerprint density at radius 3 is 2.04 bits per heavy atom. The van der Waals surface area contributed by atoms with Crippen molar-refractivity contribution in [3.63, 3.8) is 0 Å². The molecule has 0 bridgehead atoms. The van der Waals surface area contributed by atoms with Crippen molar-refractivity contribution in [1.29, 1.82) is 0 Å². The van der Waals surface area contributed by atoms with Gasteiger partial charge in [0, 0.05) is 12.1 Å². The van der Waals surface area contributed by atoms with Crippen LogP contribution in [-0.2, 0) is 16.0 Å². The minimum absolute atomic E-state index is 0.0158. The van der Waals surface area contributed by atoms with Gasteiger partial charge in [0.1, 0.15) is 0 Å². The van der Waals surface area contributed by atoms with Crippen LogP contribution in [0.25, 0.3) is 0 Å². The molecule has 4 nitrogen and oxygen atoms in total. The van der Waals surface area contributed by atoms with Crippen LogP contribution < -0.4 is 4.90 Å². The Kier molecular flexibility index (Phi) is 6.15. The molecule has 0 radical (unpaired) electrons. The summed E-state index contributed by atoms with van der Waals surface area (Å²) in [4.78, 5) is 30.6. The summed E-state index contributed by atoms with van der Waals surface area (Å²) >= 11 is 0. The number of para-hydroxylation sites is 1. The number of hydrogen-bond acceptors (Lipinski definition) is 3. The van der Waals surface area contributed by atoms with Gasteiger partial charge in [0.15, 0.2) is 0 Å². The zero-order valence-corrected chi connectivity index (χ0v) is 17.2. The van der Waals surface area contributed by atoms with Crippen molar-refractivity contribution >= 4 is 17.5 Å². The highest BCUT2D eigenvalue weighted by Crippen LogP contribution is 2.36. The van der Waals surface area contributed by atoms with Gasteiger partial charge in [-0.25, -0.2) is 4.90 Å². The monoisotopic (exact) mass is 382 g/mol. The predicted octanol–water partition coefficient (Wildman–Crippen LogP) is 4.85. The molecule has 4 rings (SSSR count). The van der Waals surface area contributed by atoms with E-state index in [4.69, 9.17) is 0 Å². The molecular formula is C24H34N2O2. The van der Waals surface area contributed by atoms with Gasteiger partial charge < -0.3 is 0 Å². The van der Waals surface area contributed by atoms with Gasteiger partial charge in [-0.1, -0.05) is 63.6 Å². The standard InChI is InChI=1S/C24H34N2O2/c1-2-18-11-9-10-16-21(18)26-23(27)17-22(24(26)28)25(19-12-5-3-6-13-19)20-14-7-4-8-15-20/h9-11,16,19-20,22H,2-8,12-15,17H2,1H3. The normalized spacial score (nSPS) is 25.1. The van der Waals surface area contributed by atoms with Crippen molar-refractivity contribution in [1.82, 2.24) is 4.90 Å². The summed E-state index contributed by atoms with van der Waals surface area (Å²) in [5.41, 5.74) is 1.88. The summed E-state index contributed by atoms with van der Waals surface area (Å²) in [6, 6.07) is 8.57. The highest BCUT2D eigenvalue weighted by Gasteiger charge is 2.47. The summed E-state index contributed by atoms with van der Waals surface area (Å²) < 4.78 is 0. The lowest BCUT2D eigenvalue weighted by molar-refractivity contribution is -0.124. The second-order valence-electron chi connectivity index (χ2n) is 8.80. The topological polar surface area (TPSA) is 40.6 Å². The fourth-order valence-corrected chi connectivity index (χ4v) is 5.70. The molecule has 0 aromatic heterocycles. The molecule has 2 amide bonds.